The summed E-state index contributed by atoms with van der Waals surface area (Å²) in [6.45, 7) is 8.27. The third kappa shape index (κ3) is 1.53. The van der Waals surface area contributed by atoms with Crippen molar-refractivity contribution in [1.82, 2.24) is 14.4 Å². The van der Waals surface area contributed by atoms with E-state index < -0.39 is 0 Å². The van der Waals surface area contributed by atoms with E-state index in [0.717, 1.165) is 0 Å². The monoisotopic (exact) mass is 293 g/mol. The average molecular weight is 293 g/mol. The van der Waals surface area contributed by atoms with E-state index >= 15 is 0 Å². The van der Waals surface area contributed by atoms with E-state index in [-0.39, 0.29) is 0 Å². The first-order chi connectivity index (χ1) is 10.8. The minimum absolute atomic E-state index is 0.532. The van der Waals surface area contributed by atoms with Crippen LogP contribution in [0.2, 0.25) is 0 Å². The lowest BCUT2D eigenvalue weighted by molar-refractivity contribution is 0.0120. The predicted octanol–water partition coefficient (Wildman–Crippen LogP) is 3.12. The molecule has 0 aliphatic carbocycles. The second-order valence-electron chi connectivity index (χ2n) is 7.15. The zero-order valence-electron chi connectivity index (χ0n) is 13.4. The van der Waals surface area contributed by atoms with Crippen LogP contribution in [-0.2, 0) is 6.42 Å². The summed E-state index contributed by atoms with van der Waals surface area (Å²) in [6, 6.07) is 10.6. The van der Waals surface area contributed by atoms with Gasteiger partial charge in [-0.2, -0.15) is 0 Å². The maximum atomic E-state index is 2.71. The highest BCUT2D eigenvalue weighted by Crippen LogP contribution is 2.44. The molecular formula is C19H23N3. The van der Waals surface area contributed by atoms with Crippen molar-refractivity contribution in [3.8, 4) is 0 Å². The number of fused-ring (bicyclic) bond motifs is 3. The van der Waals surface area contributed by atoms with Crippen LogP contribution in [0.4, 0.5) is 0 Å². The molecule has 0 amide bonds. The molecule has 2 aromatic rings. The molecule has 0 spiro atoms. The van der Waals surface area contributed by atoms with Gasteiger partial charge >= 0.3 is 0 Å². The van der Waals surface area contributed by atoms with Crippen molar-refractivity contribution < 1.29 is 0 Å². The molecule has 3 aliphatic heterocycles. The summed E-state index contributed by atoms with van der Waals surface area (Å²) in [5, 5.41) is 1.46. The van der Waals surface area contributed by atoms with Gasteiger partial charge in [-0.25, -0.2) is 0 Å². The summed E-state index contributed by atoms with van der Waals surface area (Å²) in [5.74, 6) is 0. The van der Waals surface area contributed by atoms with Gasteiger partial charge < -0.3 is 4.57 Å². The van der Waals surface area contributed by atoms with Crippen LogP contribution in [0.15, 0.2) is 30.3 Å². The minimum Gasteiger partial charge on any atom is -0.319 e. The molecule has 5 rings (SSSR count). The summed E-state index contributed by atoms with van der Waals surface area (Å²) in [7, 11) is 0. The van der Waals surface area contributed by atoms with Crippen LogP contribution in [0.1, 0.15) is 31.1 Å². The molecule has 3 aliphatic rings. The predicted molar refractivity (Wildman–Crippen MR) is 90.9 cm³/mol. The molecule has 1 saturated heterocycles. The molecule has 3 heteroatoms. The van der Waals surface area contributed by atoms with Crippen molar-refractivity contribution in [2.75, 3.05) is 19.6 Å². The third-order valence-corrected chi connectivity index (χ3v) is 5.83. The van der Waals surface area contributed by atoms with Crippen LogP contribution in [0, 0.1) is 0 Å². The molecule has 0 unspecified atom stereocenters. The fourth-order valence-electron chi connectivity index (χ4n) is 4.86. The number of piperazine rings is 1. The van der Waals surface area contributed by atoms with E-state index in [1.54, 1.807) is 11.3 Å². The van der Waals surface area contributed by atoms with Gasteiger partial charge in [-0.1, -0.05) is 18.2 Å². The zero-order valence-corrected chi connectivity index (χ0v) is 13.4. The number of aromatic nitrogens is 1. The Hall–Kier alpha value is -1.58. The smallest absolute Gasteiger partial charge is 0.0702 e. The van der Waals surface area contributed by atoms with Crippen molar-refractivity contribution >= 4 is 17.1 Å². The molecule has 1 aromatic carbocycles. The van der Waals surface area contributed by atoms with Crippen molar-refractivity contribution in [2.45, 2.75) is 38.4 Å². The van der Waals surface area contributed by atoms with Crippen LogP contribution in [0.3, 0.4) is 0 Å². The van der Waals surface area contributed by atoms with Gasteiger partial charge in [0.2, 0.25) is 0 Å². The molecule has 114 valence electrons. The highest BCUT2D eigenvalue weighted by Gasteiger charge is 2.44. The Labute approximate surface area is 131 Å². The molecule has 1 fully saturated rings. The quantitative estimate of drug-likeness (QED) is 0.800. The average Bonchev–Trinajstić information content (AvgIpc) is 2.88. The summed E-state index contributed by atoms with van der Waals surface area (Å²) in [5.41, 5.74) is 4.54. The van der Waals surface area contributed by atoms with Crippen molar-refractivity contribution in [2.24, 2.45) is 0 Å². The summed E-state index contributed by atoms with van der Waals surface area (Å²) < 4.78 is 2.46. The minimum atomic E-state index is 0.532. The van der Waals surface area contributed by atoms with Crippen molar-refractivity contribution in [1.29, 1.82) is 0 Å². The van der Waals surface area contributed by atoms with Crippen LogP contribution in [0.25, 0.3) is 17.1 Å². The molecule has 0 N–H and O–H groups in total. The Morgan fingerprint density at radius 2 is 1.95 bits per heavy atom. The number of para-hydroxylation sites is 1. The SMILES string of the molecule is CC(C)N1CCN2CCc3c4n(c5ccccc35)C=C[C@@H]1[C@H]42. The van der Waals surface area contributed by atoms with Gasteiger partial charge in [0.05, 0.1) is 17.6 Å². The van der Waals surface area contributed by atoms with E-state index in [4.69, 9.17) is 0 Å². The first-order valence-electron chi connectivity index (χ1n) is 8.55. The second-order valence-corrected chi connectivity index (χ2v) is 7.15. The van der Waals surface area contributed by atoms with Crippen LogP contribution in [0.5, 0.6) is 0 Å². The highest BCUT2D eigenvalue weighted by atomic mass is 15.3. The molecule has 1 aromatic heterocycles. The lowest BCUT2D eigenvalue weighted by Crippen LogP contribution is -2.58. The van der Waals surface area contributed by atoms with Crippen LogP contribution >= 0.6 is 0 Å². The molecule has 0 saturated carbocycles. The zero-order chi connectivity index (χ0) is 14.8. The topological polar surface area (TPSA) is 11.4 Å². The molecular weight excluding hydrogens is 270 g/mol. The molecule has 0 radical (unpaired) electrons. The number of hydrogen-bond donors (Lipinski definition) is 0. The molecule has 22 heavy (non-hydrogen) atoms. The Morgan fingerprint density at radius 3 is 2.82 bits per heavy atom. The molecule has 4 heterocycles. The van der Waals surface area contributed by atoms with E-state index in [9.17, 15) is 0 Å². The van der Waals surface area contributed by atoms with E-state index in [2.05, 4.69) is 64.8 Å². The Bertz CT molecular complexity index is 770. The number of benzene rings is 1. The first kappa shape index (κ1) is 12.9. The van der Waals surface area contributed by atoms with E-state index in [1.165, 1.54) is 37.0 Å². The van der Waals surface area contributed by atoms with Gasteiger partial charge in [-0.15, -0.1) is 0 Å². The number of nitrogens with zero attached hydrogens (tertiary/aromatic N) is 3. The van der Waals surface area contributed by atoms with Crippen molar-refractivity contribution in [3.63, 3.8) is 0 Å². The maximum Gasteiger partial charge on any atom is 0.0702 e. The van der Waals surface area contributed by atoms with E-state index in [0.29, 0.717) is 18.1 Å². The highest BCUT2D eigenvalue weighted by molar-refractivity contribution is 5.88. The number of rotatable bonds is 1. The standard InChI is InChI=1S/C19H23N3/c1-13(2)21-12-11-20-9-7-15-14-5-3-4-6-16(14)22-10-8-17(21)19(20)18(15)22/h3-6,8,10,13,17,19H,7,9,11-12H2,1-2H3/t17-,19-/m1/s1. The molecule has 2 atom stereocenters. The number of hydrogen-bond acceptors (Lipinski definition) is 2. The normalized spacial score (nSPS) is 27.6. The third-order valence-electron chi connectivity index (χ3n) is 5.83. The largest absolute Gasteiger partial charge is 0.319 e. The lowest BCUT2D eigenvalue weighted by atomic mass is 9.88. The van der Waals surface area contributed by atoms with Gasteiger partial charge in [0.1, 0.15) is 0 Å². The second kappa shape index (κ2) is 4.46. The van der Waals surface area contributed by atoms with Gasteiger partial charge in [-0.3, -0.25) is 9.80 Å². The summed E-state index contributed by atoms with van der Waals surface area (Å²) in [4.78, 5) is 5.39. The Balaban J connectivity index is 1.76. The fourth-order valence-corrected chi connectivity index (χ4v) is 4.86. The molecule has 3 nitrogen and oxygen atoms in total. The fraction of sp³-hybridized carbons (Fsp3) is 0.474. The summed E-state index contributed by atoms with van der Waals surface area (Å²) >= 11 is 0. The van der Waals surface area contributed by atoms with E-state index in [1.807, 2.05) is 0 Å². The van der Waals surface area contributed by atoms with Crippen LogP contribution < -0.4 is 0 Å². The Morgan fingerprint density at radius 1 is 1.09 bits per heavy atom. The van der Waals surface area contributed by atoms with Gasteiger partial charge in [0, 0.05) is 43.0 Å². The molecule has 0 bridgehead atoms. The first-order valence-corrected chi connectivity index (χ1v) is 8.55. The lowest BCUT2D eigenvalue weighted by Gasteiger charge is -2.51. The maximum absolute atomic E-state index is 2.71. The Kier molecular flexibility index (Phi) is 2.62. The van der Waals surface area contributed by atoms with Gasteiger partial charge in [-0.05, 0) is 38.0 Å². The summed E-state index contributed by atoms with van der Waals surface area (Å²) in [6.07, 6.45) is 5.96. The van der Waals surface area contributed by atoms with Gasteiger partial charge in [0.25, 0.3) is 0 Å². The van der Waals surface area contributed by atoms with Gasteiger partial charge in [0.15, 0.2) is 0 Å². The van der Waals surface area contributed by atoms with Crippen LogP contribution in [-0.4, -0.2) is 46.1 Å². The van der Waals surface area contributed by atoms with Crippen molar-refractivity contribution in [3.05, 3.63) is 41.6 Å².